The van der Waals surface area contributed by atoms with E-state index in [1.165, 1.54) is 5.56 Å². The van der Waals surface area contributed by atoms with Crippen molar-refractivity contribution in [2.45, 2.75) is 36.3 Å². The molecule has 0 radical (unpaired) electrons. The SMILES string of the molecule is CC(C)c1ccc(S(=O)C(CC#N)c2ccccc2)cc1. The summed E-state index contributed by atoms with van der Waals surface area (Å²) in [6.07, 6.45) is 0.253. The summed E-state index contributed by atoms with van der Waals surface area (Å²) in [6, 6.07) is 19.6. The molecule has 2 aromatic carbocycles. The Balaban J connectivity index is 2.29. The van der Waals surface area contributed by atoms with Crippen LogP contribution in [0.5, 0.6) is 0 Å². The van der Waals surface area contributed by atoms with Gasteiger partial charge in [0.25, 0.3) is 0 Å². The third-order valence-corrected chi connectivity index (χ3v) is 5.18. The molecule has 0 spiro atoms. The van der Waals surface area contributed by atoms with Crippen LogP contribution in [0.4, 0.5) is 0 Å². The van der Waals surface area contributed by atoms with Gasteiger partial charge >= 0.3 is 0 Å². The molecule has 0 aliphatic carbocycles. The average Bonchev–Trinajstić information content (AvgIpc) is 2.53. The van der Waals surface area contributed by atoms with E-state index in [9.17, 15) is 4.21 Å². The second-order valence-electron chi connectivity index (χ2n) is 5.28. The first kappa shape index (κ1) is 15.5. The molecule has 0 saturated carbocycles. The Bertz CT molecular complexity index is 641. The van der Waals surface area contributed by atoms with Crippen molar-refractivity contribution in [1.82, 2.24) is 0 Å². The molecule has 0 saturated heterocycles. The Labute approximate surface area is 128 Å². The summed E-state index contributed by atoms with van der Waals surface area (Å²) in [6.45, 7) is 4.27. The van der Waals surface area contributed by atoms with E-state index in [-0.39, 0.29) is 11.7 Å². The van der Waals surface area contributed by atoms with E-state index in [4.69, 9.17) is 5.26 Å². The van der Waals surface area contributed by atoms with Crippen molar-refractivity contribution in [3.63, 3.8) is 0 Å². The number of rotatable bonds is 5. The van der Waals surface area contributed by atoms with E-state index in [0.29, 0.717) is 5.92 Å². The number of hydrogen-bond donors (Lipinski definition) is 0. The molecule has 108 valence electrons. The van der Waals surface area contributed by atoms with Crippen LogP contribution in [0.1, 0.15) is 42.6 Å². The predicted octanol–water partition coefficient (Wildman–Crippen LogP) is 4.57. The highest BCUT2D eigenvalue weighted by Gasteiger charge is 2.20. The lowest BCUT2D eigenvalue weighted by atomic mass is 10.0. The van der Waals surface area contributed by atoms with Crippen LogP contribution in [-0.2, 0) is 10.8 Å². The quantitative estimate of drug-likeness (QED) is 0.811. The molecule has 2 atom stereocenters. The second kappa shape index (κ2) is 7.19. The van der Waals surface area contributed by atoms with Gasteiger partial charge in [-0.15, -0.1) is 0 Å². The van der Waals surface area contributed by atoms with E-state index in [1.807, 2.05) is 54.6 Å². The monoisotopic (exact) mass is 297 g/mol. The van der Waals surface area contributed by atoms with E-state index < -0.39 is 10.8 Å². The normalized spacial score (nSPS) is 13.6. The molecular weight excluding hydrogens is 278 g/mol. The summed E-state index contributed by atoms with van der Waals surface area (Å²) in [7, 11) is -1.22. The lowest BCUT2D eigenvalue weighted by molar-refractivity contribution is 0.672. The molecule has 2 nitrogen and oxygen atoms in total. The lowest BCUT2D eigenvalue weighted by Crippen LogP contribution is -2.07. The molecule has 0 aliphatic rings. The molecule has 2 aromatic rings. The summed E-state index contributed by atoms with van der Waals surface area (Å²) < 4.78 is 12.8. The van der Waals surface area contributed by atoms with Crippen LogP contribution >= 0.6 is 0 Å². The van der Waals surface area contributed by atoms with Gasteiger partial charge in [0.2, 0.25) is 0 Å². The maximum absolute atomic E-state index is 12.8. The first-order valence-electron chi connectivity index (χ1n) is 7.06. The largest absolute Gasteiger partial charge is 0.254 e. The fraction of sp³-hybridized carbons (Fsp3) is 0.278. The molecule has 0 bridgehead atoms. The van der Waals surface area contributed by atoms with Crippen molar-refractivity contribution < 1.29 is 4.21 Å². The van der Waals surface area contributed by atoms with Crippen LogP contribution < -0.4 is 0 Å². The van der Waals surface area contributed by atoms with Crippen molar-refractivity contribution in [2.75, 3.05) is 0 Å². The van der Waals surface area contributed by atoms with Crippen molar-refractivity contribution in [2.24, 2.45) is 0 Å². The summed E-state index contributed by atoms with van der Waals surface area (Å²) in [5.41, 5.74) is 2.18. The van der Waals surface area contributed by atoms with Crippen LogP contribution in [0.2, 0.25) is 0 Å². The summed E-state index contributed by atoms with van der Waals surface area (Å²) >= 11 is 0. The van der Waals surface area contributed by atoms with Gasteiger partial charge in [-0.3, -0.25) is 4.21 Å². The molecule has 0 amide bonds. The van der Waals surface area contributed by atoms with Gasteiger partial charge in [-0.2, -0.15) is 5.26 Å². The lowest BCUT2D eigenvalue weighted by Gasteiger charge is -2.15. The molecule has 3 heteroatoms. The molecule has 0 aliphatic heterocycles. The van der Waals surface area contributed by atoms with Crippen LogP contribution in [0.3, 0.4) is 0 Å². The van der Waals surface area contributed by atoms with Crippen molar-refractivity contribution >= 4 is 10.8 Å². The predicted molar refractivity (Wildman–Crippen MR) is 86.4 cm³/mol. The molecule has 0 N–H and O–H groups in total. The molecule has 21 heavy (non-hydrogen) atoms. The summed E-state index contributed by atoms with van der Waals surface area (Å²) in [5.74, 6) is 0.455. The van der Waals surface area contributed by atoms with Gasteiger partial charge in [0.1, 0.15) is 0 Å². The van der Waals surface area contributed by atoms with Gasteiger partial charge in [-0.05, 0) is 29.2 Å². The number of benzene rings is 2. The van der Waals surface area contributed by atoms with Gasteiger partial charge in [0.15, 0.2) is 0 Å². The van der Waals surface area contributed by atoms with Gasteiger partial charge in [0.05, 0.1) is 28.5 Å². The first-order chi connectivity index (χ1) is 10.1. The van der Waals surface area contributed by atoms with Crippen LogP contribution in [0.25, 0.3) is 0 Å². The maximum atomic E-state index is 12.8. The summed E-state index contributed by atoms with van der Waals surface area (Å²) in [5, 5.41) is 8.75. The van der Waals surface area contributed by atoms with Crippen LogP contribution in [0.15, 0.2) is 59.5 Å². The number of nitriles is 1. The zero-order valence-electron chi connectivity index (χ0n) is 12.3. The molecule has 2 unspecified atom stereocenters. The Morgan fingerprint density at radius 1 is 1.00 bits per heavy atom. The van der Waals surface area contributed by atoms with E-state index in [2.05, 4.69) is 19.9 Å². The standard InChI is InChI=1S/C18H19NOS/c1-14(2)15-8-10-17(11-9-15)21(20)18(12-13-19)16-6-4-3-5-7-16/h3-11,14,18H,12H2,1-2H3. The molecular formula is C18H19NOS. The molecule has 0 heterocycles. The van der Waals surface area contributed by atoms with Gasteiger partial charge < -0.3 is 0 Å². The van der Waals surface area contributed by atoms with Crippen molar-refractivity contribution in [3.8, 4) is 6.07 Å². The second-order valence-corrected chi connectivity index (χ2v) is 6.92. The highest BCUT2D eigenvalue weighted by molar-refractivity contribution is 7.85. The third-order valence-electron chi connectivity index (χ3n) is 3.49. The maximum Gasteiger partial charge on any atom is 0.0773 e. The van der Waals surface area contributed by atoms with Crippen LogP contribution in [-0.4, -0.2) is 4.21 Å². The molecule has 0 aromatic heterocycles. The zero-order chi connectivity index (χ0) is 15.2. The minimum absolute atomic E-state index is 0.253. The smallest absolute Gasteiger partial charge is 0.0773 e. The topological polar surface area (TPSA) is 40.9 Å². The fourth-order valence-electron chi connectivity index (χ4n) is 2.22. The Kier molecular flexibility index (Phi) is 5.30. The molecule has 2 rings (SSSR count). The van der Waals surface area contributed by atoms with E-state index in [1.54, 1.807) is 0 Å². The third kappa shape index (κ3) is 3.80. The van der Waals surface area contributed by atoms with Gasteiger partial charge in [-0.25, -0.2) is 0 Å². The average molecular weight is 297 g/mol. The highest BCUT2D eigenvalue weighted by atomic mass is 32.2. The Morgan fingerprint density at radius 3 is 2.14 bits per heavy atom. The minimum atomic E-state index is -1.22. The Hall–Kier alpha value is -1.92. The van der Waals surface area contributed by atoms with Crippen molar-refractivity contribution in [3.05, 3.63) is 65.7 Å². The zero-order valence-corrected chi connectivity index (χ0v) is 13.1. The fourth-order valence-corrected chi connectivity index (χ4v) is 3.58. The summed E-state index contributed by atoms with van der Waals surface area (Å²) in [4.78, 5) is 0.781. The van der Waals surface area contributed by atoms with Gasteiger partial charge in [-0.1, -0.05) is 56.3 Å². The van der Waals surface area contributed by atoms with E-state index >= 15 is 0 Å². The molecule has 0 fully saturated rings. The first-order valence-corrected chi connectivity index (χ1v) is 8.27. The van der Waals surface area contributed by atoms with Crippen LogP contribution in [0, 0.1) is 11.3 Å². The number of hydrogen-bond acceptors (Lipinski definition) is 2. The minimum Gasteiger partial charge on any atom is -0.254 e. The number of nitrogens with zero attached hydrogens (tertiary/aromatic N) is 1. The van der Waals surface area contributed by atoms with E-state index in [0.717, 1.165) is 10.5 Å². The van der Waals surface area contributed by atoms with Crippen molar-refractivity contribution in [1.29, 1.82) is 5.26 Å². The van der Waals surface area contributed by atoms with Gasteiger partial charge in [0, 0.05) is 4.90 Å². The highest BCUT2D eigenvalue weighted by Crippen LogP contribution is 2.28. The Morgan fingerprint density at radius 2 is 1.62 bits per heavy atom.